The minimum atomic E-state index is -0.693. The first-order chi connectivity index (χ1) is 7.08. The van der Waals surface area contributed by atoms with Crippen molar-refractivity contribution in [2.24, 2.45) is 16.8 Å². The molecule has 0 bridgehead atoms. The molecule has 15 heavy (non-hydrogen) atoms. The van der Waals surface area contributed by atoms with E-state index in [1.54, 1.807) is 0 Å². The van der Waals surface area contributed by atoms with Gasteiger partial charge in [-0.15, -0.1) is 0 Å². The largest absolute Gasteiger partial charge is 0.481 e. The zero-order valence-corrected chi connectivity index (χ0v) is 9.14. The second-order valence-corrected chi connectivity index (χ2v) is 4.69. The lowest BCUT2D eigenvalue weighted by molar-refractivity contribution is -0.143. The minimum Gasteiger partial charge on any atom is -0.481 e. The zero-order valence-electron chi connectivity index (χ0n) is 9.14. The summed E-state index contributed by atoms with van der Waals surface area (Å²) in [4.78, 5) is 15.3. The Morgan fingerprint density at radius 1 is 1.53 bits per heavy atom. The predicted octanol–water partition coefficient (Wildman–Crippen LogP) is 1.69. The fraction of sp³-hybridized carbons (Fsp3) is 0.818. The second-order valence-electron chi connectivity index (χ2n) is 4.69. The van der Waals surface area contributed by atoms with Crippen molar-refractivity contribution in [3.8, 4) is 0 Å². The van der Waals surface area contributed by atoms with Crippen LogP contribution in [-0.4, -0.2) is 29.1 Å². The van der Waals surface area contributed by atoms with Gasteiger partial charge in [0.15, 0.2) is 5.90 Å². The average molecular weight is 211 g/mol. The Kier molecular flexibility index (Phi) is 2.67. The van der Waals surface area contributed by atoms with Crippen LogP contribution in [0, 0.1) is 11.8 Å². The minimum absolute atomic E-state index is 0.0808. The lowest BCUT2D eigenvalue weighted by Crippen LogP contribution is -2.34. The van der Waals surface area contributed by atoms with E-state index in [4.69, 9.17) is 9.84 Å². The van der Waals surface area contributed by atoms with Crippen molar-refractivity contribution < 1.29 is 14.6 Å². The molecule has 0 saturated heterocycles. The first-order valence-electron chi connectivity index (χ1n) is 5.55. The summed E-state index contributed by atoms with van der Waals surface area (Å²) in [7, 11) is 0. The third-order valence-electron chi connectivity index (χ3n) is 3.16. The number of hydrogen-bond donors (Lipinski definition) is 1. The maximum Gasteiger partial charge on any atom is 0.306 e. The molecule has 1 fully saturated rings. The van der Waals surface area contributed by atoms with E-state index >= 15 is 0 Å². The standard InChI is InChI=1S/C11H17NO3/c1-6(2)10-12-8-5-7(11(13)14)3-4-9(8)15-10/h6-9H,3-5H2,1-2H3,(H,13,14). The van der Waals surface area contributed by atoms with Crippen LogP contribution in [0.15, 0.2) is 4.99 Å². The molecular formula is C11H17NO3. The van der Waals surface area contributed by atoms with Crippen molar-refractivity contribution in [1.29, 1.82) is 0 Å². The molecule has 1 heterocycles. The molecule has 0 aromatic rings. The topological polar surface area (TPSA) is 58.9 Å². The number of rotatable bonds is 2. The lowest BCUT2D eigenvalue weighted by Gasteiger charge is -2.26. The summed E-state index contributed by atoms with van der Waals surface area (Å²) in [5, 5.41) is 8.94. The SMILES string of the molecule is CC(C)C1=NC2CC(C(=O)O)CCC2O1. The van der Waals surface area contributed by atoms with Crippen molar-refractivity contribution in [2.45, 2.75) is 45.3 Å². The van der Waals surface area contributed by atoms with E-state index in [9.17, 15) is 4.79 Å². The Morgan fingerprint density at radius 2 is 2.27 bits per heavy atom. The molecular weight excluding hydrogens is 194 g/mol. The molecule has 3 unspecified atom stereocenters. The Hall–Kier alpha value is -1.06. The van der Waals surface area contributed by atoms with Crippen LogP contribution in [0.5, 0.6) is 0 Å². The van der Waals surface area contributed by atoms with Gasteiger partial charge in [-0.25, -0.2) is 4.99 Å². The highest BCUT2D eigenvalue weighted by atomic mass is 16.5. The third kappa shape index (κ3) is 1.98. The monoisotopic (exact) mass is 211 g/mol. The Balaban J connectivity index is 2.04. The molecule has 0 radical (unpaired) electrons. The summed E-state index contributed by atoms with van der Waals surface area (Å²) in [6.07, 6.45) is 2.31. The van der Waals surface area contributed by atoms with Crippen LogP contribution in [0.4, 0.5) is 0 Å². The molecule has 2 aliphatic rings. The summed E-state index contributed by atoms with van der Waals surface area (Å²) < 4.78 is 5.71. The quantitative estimate of drug-likeness (QED) is 0.756. The van der Waals surface area contributed by atoms with Gasteiger partial charge in [-0.05, 0) is 19.3 Å². The van der Waals surface area contributed by atoms with Crippen molar-refractivity contribution in [3.63, 3.8) is 0 Å². The average Bonchev–Trinajstić information content (AvgIpc) is 2.59. The maximum atomic E-state index is 10.9. The van der Waals surface area contributed by atoms with E-state index in [-0.39, 0.29) is 18.1 Å². The first-order valence-corrected chi connectivity index (χ1v) is 5.55. The highest BCUT2D eigenvalue weighted by Crippen LogP contribution is 2.33. The second kappa shape index (κ2) is 3.83. The number of aliphatic carboxylic acids is 1. The smallest absolute Gasteiger partial charge is 0.306 e. The van der Waals surface area contributed by atoms with Gasteiger partial charge >= 0.3 is 5.97 Å². The molecule has 1 aliphatic carbocycles. The molecule has 2 rings (SSSR count). The van der Waals surface area contributed by atoms with Crippen LogP contribution in [0.3, 0.4) is 0 Å². The number of carboxylic acids is 1. The van der Waals surface area contributed by atoms with Crippen molar-refractivity contribution in [3.05, 3.63) is 0 Å². The number of aliphatic imine (C=N–C) groups is 1. The first kappa shape index (κ1) is 10.5. The number of hydrogen-bond acceptors (Lipinski definition) is 3. The van der Waals surface area contributed by atoms with Crippen molar-refractivity contribution in [1.82, 2.24) is 0 Å². The van der Waals surface area contributed by atoms with Gasteiger partial charge in [-0.3, -0.25) is 4.79 Å². The molecule has 4 nitrogen and oxygen atoms in total. The van der Waals surface area contributed by atoms with Gasteiger partial charge in [-0.2, -0.15) is 0 Å². The van der Waals surface area contributed by atoms with Gasteiger partial charge in [0.05, 0.1) is 12.0 Å². The molecule has 0 aromatic heterocycles. The highest BCUT2D eigenvalue weighted by molar-refractivity contribution is 5.80. The number of carbonyl (C=O) groups is 1. The van der Waals surface area contributed by atoms with Gasteiger partial charge in [0.25, 0.3) is 0 Å². The maximum absolute atomic E-state index is 10.9. The predicted molar refractivity (Wildman–Crippen MR) is 55.9 cm³/mol. The fourth-order valence-electron chi connectivity index (χ4n) is 2.25. The molecule has 1 aliphatic heterocycles. The van der Waals surface area contributed by atoms with Crippen LogP contribution >= 0.6 is 0 Å². The van der Waals surface area contributed by atoms with Crippen LogP contribution < -0.4 is 0 Å². The molecule has 1 saturated carbocycles. The van der Waals surface area contributed by atoms with Gasteiger partial charge in [0, 0.05) is 5.92 Å². The summed E-state index contributed by atoms with van der Waals surface area (Å²) in [6.45, 7) is 4.09. The van der Waals surface area contributed by atoms with Crippen LogP contribution in [-0.2, 0) is 9.53 Å². The molecule has 3 atom stereocenters. The fourth-order valence-corrected chi connectivity index (χ4v) is 2.25. The summed E-state index contributed by atoms with van der Waals surface area (Å²) >= 11 is 0. The lowest BCUT2D eigenvalue weighted by atomic mass is 9.84. The molecule has 84 valence electrons. The summed E-state index contributed by atoms with van der Waals surface area (Å²) in [5.41, 5.74) is 0. The number of ether oxygens (including phenoxy) is 1. The Morgan fingerprint density at radius 3 is 2.87 bits per heavy atom. The van der Waals surface area contributed by atoms with E-state index in [2.05, 4.69) is 4.99 Å². The highest BCUT2D eigenvalue weighted by Gasteiger charge is 2.39. The van der Waals surface area contributed by atoms with Crippen molar-refractivity contribution >= 4 is 11.9 Å². The van der Waals surface area contributed by atoms with Gasteiger partial charge in [0.1, 0.15) is 6.10 Å². The van der Waals surface area contributed by atoms with Gasteiger partial charge < -0.3 is 9.84 Å². The molecule has 0 spiro atoms. The number of nitrogens with zero attached hydrogens (tertiary/aromatic N) is 1. The van der Waals surface area contributed by atoms with Crippen LogP contribution in [0.2, 0.25) is 0 Å². The number of carboxylic acid groups (broad SMARTS) is 1. The zero-order chi connectivity index (χ0) is 11.0. The molecule has 0 aromatic carbocycles. The van der Waals surface area contributed by atoms with Crippen LogP contribution in [0.1, 0.15) is 33.1 Å². The van der Waals surface area contributed by atoms with E-state index in [1.807, 2.05) is 13.8 Å². The summed E-state index contributed by atoms with van der Waals surface area (Å²) in [5.74, 6) is 0.182. The van der Waals surface area contributed by atoms with E-state index in [0.29, 0.717) is 12.3 Å². The van der Waals surface area contributed by atoms with Crippen molar-refractivity contribution in [2.75, 3.05) is 0 Å². The molecule has 4 heteroatoms. The van der Waals surface area contributed by atoms with E-state index in [1.165, 1.54) is 0 Å². The number of fused-ring (bicyclic) bond motifs is 1. The molecule has 1 N–H and O–H groups in total. The third-order valence-corrected chi connectivity index (χ3v) is 3.16. The van der Waals surface area contributed by atoms with E-state index in [0.717, 1.165) is 18.7 Å². The Labute approximate surface area is 89.3 Å². The normalized spacial score (nSPS) is 34.6. The van der Waals surface area contributed by atoms with Gasteiger partial charge in [0.2, 0.25) is 0 Å². The molecule has 0 amide bonds. The Bertz CT molecular complexity index is 298. The van der Waals surface area contributed by atoms with Gasteiger partial charge in [-0.1, -0.05) is 13.8 Å². The van der Waals surface area contributed by atoms with E-state index < -0.39 is 5.97 Å². The summed E-state index contributed by atoms with van der Waals surface area (Å²) in [6, 6.07) is 0.0808. The van der Waals surface area contributed by atoms with Crippen LogP contribution in [0.25, 0.3) is 0 Å².